The molecule has 3 aromatic carbocycles. The number of hydrogen-bond acceptors (Lipinski definition) is 4. The molecule has 136 valence electrons. The fourth-order valence-corrected chi connectivity index (χ4v) is 3.47. The number of methoxy groups -OCH3 is 1. The summed E-state index contributed by atoms with van der Waals surface area (Å²) in [5.74, 6) is 0.754. The largest absolute Gasteiger partial charge is 0.497 e. The van der Waals surface area contributed by atoms with Crippen LogP contribution in [0.1, 0.15) is 11.7 Å². The van der Waals surface area contributed by atoms with Crippen molar-refractivity contribution in [3.63, 3.8) is 0 Å². The minimum absolute atomic E-state index is 0.429. The molecule has 0 aromatic heterocycles. The summed E-state index contributed by atoms with van der Waals surface area (Å²) >= 11 is 3.48. The van der Waals surface area contributed by atoms with Crippen LogP contribution in [-0.4, -0.2) is 13.2 Å². The summed E-state index contributed by atoms with van der Waals surface area (Å²) in [5, 5.41) is 1.63. The molecule has 0 unspecified atom stereocenters. The van der Waals surface area contributed by atoms with E-state index in [2.05, 4.69) is 15.9 Å². The van der Waals surface area contributed by atoms with Gasteiger partial charge in [0, 0.05) is 10.2 Å². The van der Waals surface area contributed by atoms with Gasteiger partial charge in [0.05, 0.1) is 12.8 Å². The maximum atomic E-state index is 12.8. The van der Waals surface area contributed by atoms with Crippen LogP contribution >= 0.6 is 15.9 Å². The van der Waals surface area contributed by atoms with Crippen molar-refractivity contribution < 1.29 is 14.4 Å². The highest BCUT2D eigenvalue weighted by Crippen LogP contribution is 2.40. The van der Waals surface area contributed by atoms with E-state index in [-0.39, 0.29) is 0 Å². The number of ether oxygens (including phenoxy) is 1. The number of anilines is 2. The Labute approximate surface area is 165 Å². The highest BCUT2D eigenvalue weighted by Gasteiger charge is 2.42. The fraction of sp³-hybridized carbons (Fsp3) is 0.0952. The molecule has 27 heavy (non-hydrogen) atoms. The highest BCUT2D eigenvalue weighted by molar-refractivity contribution is 9.10. The van der Waals surface area contributed by atoms with Gasteiger partial charge in [-0.15, -0.1) is 0 Å². The van der Waals surface area contributed by atoms with Crippen LogP contribution in [0.2, 0.25) is 0 Å². The van der Waals surface area contributed by atoms with Crippen molar-refractivity contribution in [1.82, 2.24) is 0 Å². The summed E-state index contributed by atoms with van der Waals surface area (Å²) in [5.41, 5.74) is 2.45. The zero-order chi connectivity index (χ0) is 18.8. The predicted molar refractivity (Wildman–Crippen MR) is 108 cm³/mol. The molecule has 6 heteroatoms. The summed E-state index contributed by atoms with van der Waals surface area (Å²) in [6.45, 7) is 0. The molecule has 3 aromatic rings. The van der Waals surface area contributed by atoms with Crippen molar-refractivity contribution in [1.29, 1.82) is 0 Å². The van der Waals surface area contributed by atoms with Crippen LogP contribution in [0, 0.1) is 0 Å². The van der Waals surface area contributed by atoms with Crippen molar-refractivity contribution in [2.45, 2.75) is 6.17 Å². The maximum Gasteiger partial charge on any atom is 0.440 e. The van der Waals surface area contributed by atoms with Crippen LogP contribution in [0.5, 0.6) is 5.75 Å². The number of carbonyl (C=O) groups excluding carboxylic acids is 1. The van der Waals surface area contributed by atoms with E-state index in [1.54, 1.807) is 17.1 Å². The van der Waals surface area contributed by atoms with Gasteiger partial charge < -0.3 is 9.57 Å². The zero-order valence-corrected chi connectivity index (χ0v) is 16.2. The molecule has 1 aliphatic heterocycles. The van der Waals surface area contributed by atoms with Gasteiger partial charge in [-0.3, -0.25) is 0 Å². The number of hydrogen-bond donors (Lipinski definition) is 0. The molecular weight excluding hydrogens is 408 g/mol. The van der Waals surface area contributed by atoms with E-state index < -0.39 is 12.3 Å². The maximum absolute atomic E-state index is 12.8. The normalized spacial score (nSPS) is 16.4. The van der Waals surface area contributed by atoms with Crippen molar-refractivity contribution >= 4 is 33.4 Å². The van der Waals surface area contributed by atoms with Crippen LogP contribution in [-0.2, 0) is 4.84 Å². The lowest BCUT2D eigenvalue weighted by molar-refractivity contribution is 0.164. The quantitative estimate of drug-likeness (QED) is 0.551. The van der Waals surface area contributed by atoms with Crippen LogP contribution in [0.15, 0.2) is 83.3 Å². The number of halogens is 1. The molecule has 1 atom stereocenters. The number of carbonyl (C=O) groups is 1. The molecule has 0 radical (unpaired) electrons. The summed E-state index contributed by atoms with van der Waals surface area (Å²) in [6.07, 6.45) is -0.873. The Hall–Kier alpha value is -2.99. The van der Waals surface area contributed by atoms with Gasteiger partial charge in [0.25, 0.3) is 0 Å². The van der Waals surface area contributed by atoms with E-state index in [9.17, 15) is 4.79 Å². The molecule has 5 nitrogen and oxygen atoms in total. The minimum atomic E-state index is -0.444. The third-order valence-corrected chi connectivity index (χ3v) is 4.84. The average molecular weight is 425 g/mol. The van der Waals surface area contributed by atoms with Crippen LogP contribution in [0.4, 0.5) is 16.2 Å². The third kappa shape index (κ3) is 3.36. The molecular formula is C21H17BrN2O3. The van der Waals surface area contributed by atoms with Gasteiger partial charge in [0.2, 0.25) is 0 Å². The van der Waals surface area contributed by atoms with Gasteiger partial charge in [-0.25, -0.2) is 9.69 Å². The Morgan fingerprint density at radius 2 is 1.63 bits per heavy atom. The molecule has 0 aliphatic carbocycles. The number of hydroxylamine groups is 1. The van der Waals surface area contributed by atoms with Crippen molar-refractivity contribution in [2.75, 3.05) is 17.1 Å². The first-order valence-corrected chi connectivity index (χ1v) is 9.21. The van der Waals surface area contributed by atoms with E-state index in [0.717, 1.165) is 27.2 Å². The molecule has 1 heterocycles. The molecule has 1 amide bonds. The molecule has 0 saturated carbocycles. The smallest absolute Gasteiger partial charge is 0.440 e. The van der Waals surface area contributed by atoms with Crippen LogP contribution in [0.3, 0.4) is 0 Å². The van der Waals surface area contributed by atoms with Crippen LogP contribution in [0.25, 0.3) is 0 Å². The van der Waals surface area contributed by atoms with E-state index in [4.69, 9.17) is 9.57 Å². The number of benzene rings is 3. The Bertz CT molecular complexity index is 947. The van der Waals surface area contributed by atoms with E-state index in [0.29, 0.717) is 0 Å². The van der Waals surface area contributed by atoms with Crippen LogP contribution < -0.4 is 14.7 Å². The second-order valence-corrected chi connectivity index (χ2v) is 6.93. The highest BCUT2D eigenvalue weighted by atomic mass is 79.9. The third-order valence-electron chi connectivity index (χ3n) is 4.35. The van der Waals surface area contributed by atoms with Gasteiger partial charge in [0.15, 0.2) is 6.17 Å². The van der Waals surface area contributed by atoms with Gasteiger partial charge in [-0.1, -0.05) is 52.3 Å². The van der Waals surface area contributed by atoms with Gasteiger partial charge >= 0.3 is 6.09 Å². The van der Waals surface area contributed by atoms with Gasteiger partial charge in [0.1, 0.15) is 5.75 Å². The second kappa shape index (κ2) is 7.32. The number of nitrogens with zero attached hydrogens (tertiary/aromatic N) is 2. The summed E-state index contributed by atoms with van der Waals surface area (Å²) in [4.78, 5) is 20.1. The minimum Gasteiger partial charge on any atom is -0.497 e. The van der Waals surface area contributed by atoms with Gasteiger partial charge in [-0.05, 0) is 48.0 Å². The topological polar surface area (TPSA) is 42.0 Å². The molecule has 0 spiro atoms. The lowest BCUT2D eigenvalue weighted by atomic mass is 10.1. The molecule has 0 bridgehead atoms. The Balaban J connectivity index is 1.82. The van der Waals surface area contributed by atoms with E-state index in [1.807, 2.05) is 78.9 Å². The number of amides is 1. The first-order chi connectivity index (χ1) is 13.2. The molecule has 1 saturated heterocycles. The van der Waals surface area contributed by atoms with Gasteiger partial charge in [-0.2, -0.15) is 5.06 Å². The van der Waals surface area contributed by atoms with Crippen molar-refractivity contribution in [3.05, 3.63) is 88.9 Å². The first kappa shape index (κ1) is 17.4. The Morgan fingerprint density at radius 1 is 0.926 bits per heavy atom. The molecule has 4 rings (SSSR count). The fourth-order valence-electron chi connectivity index (χ4n) is 3.09. The summed E-state index contributed by atoms with van der Waals surface area (Å²) in [7, 11) is 1.63. The van der Waals surface area contributed by atoms with E-state index >= 15 is 0 Å². The molecule has 1 aliphatic rings. The van der Waals surface area contributed by atoms with Crippen molar-refractivity contribution in [2.24, 2.45) is 0 Å². The number of rotatable bonds is 4. The first-order valence-electron chi connectivity index (χ1n) is 8.42. The zero-order valence-electron chi connectivity index (χ0n) is 14.6. The SMILES string of the molecule is COc1ccc([C@H]2N(c3cccc(Br)c3)OC(=O)N2c2ccccc2)cc1. The number of para-hydroxylation sites is 1. The molecule has 1 fully saturated rings. The molecule has 0 N–H and O–H groups in total. The Kier molecular flexibility index (Phi) is 4.73. The predicted octanol–water partition coefficient (Wildman–Crippen LogP) is 5.53. The monoisotopic (exact) mass is 424 g/mol. The average Bonchev–Trinajstić information content (AvgIpc) is 3.06. The lowest BCUT2D eigenvalue weighted by Gasteiger charge is -2.27. The standard InChI is InChI=1S/C21H17BrN2O3/c1-26-19-12-10-15(11-13-19)20-23(17-7-3-2-4-8-17)21(25)27-24(20)18-9-5-6-16(22)14-18/h2-14,20H,1H3/t20-/m1/s1. The van der Waals surface area contributed by atoms with E-state index in [1.165, 1.54) is 0 Å². The summed E-state index contributed by atoms with van der Waals surface area (Å²) in [6, 6.07) is 24.8. The lowest BCUT2D eigenvalue weighted by Crippen LogP contribution is -2.31. The summed E-state index contributed by atoms with van der Waals surface area (Å²) < 4.78 is 6.17. The van der Waals surface area contributed by atoms with Crippen molar-refractivity contribution in [3.8, 4) is 5.75 Å². The second-order valence-electron chi connectivity index (χ2n) is 6.02. The Morgan fingerprint density at radius 3 is 2.30 bits per heavy atom.